The van der Waals surface area contributed by atoms with Crippen molar-refractivity contribution in [2.45, 2.75) is 121 Å². The van der Waals surface area contributed by atoms with E-state index in [1.165, 1.54) is 12.8 Å². The van der Waals surface area contributed by atoms with Gasteiger partial charge in [0.1, 0.15) is 0 Å². The summed E-state index contributed by atoms with van der Waals surface area (Å²) in [5, 5.41) is 7.00. The van der Waals surface area contributed by atoms with Crippen molar-refractivity contribution in [3.05, 3.63) is 17.5 Å². The fraction of sp³-hybridized carbons (Fsp3) is 0.826. The minimum absolute atomic E-state index is 0.0455. The van der Waals surface area contributed by atoms with Gasteiger partial charge in [-0.2, -0.15) is 18.3 Å². The topological polar surface area (TPSA) is 46.9 Å². The third-order valence-corrected chi connectivity index (χ3v) is 6.67. The molecule has 0 saturated heterocycles. The summed E-state index contributed by atoms with van der Waals surface area (Å²) in [5.74, 6) is -0.626. The van der Waals surface area contributed by atoms with E-state index >= 15 is 0 Å². The van der Waals surface area contributed by atoms with Gasteiger partial charge in [-0.25, -0.2) is 0 Å². The van der Waals surface area contributed by atoms with E-state index in [1.807, 2.05) is 0 Å². The fourth-order valence-corrected chi connectivity index (χ4v) is 4.98. The molecule has 7 heteroatoms. The first-order valence-electron chi connectivity index (χ1n) is 11.9. The molecule has 0 unspecified atom stereocenters. The highest BCUT2D eigenvalue weighted by Gasteiger charge is 2.41. The highest BCUT2D eigenvalue weighted by Crippen LogP contribution is 2.36. The van der Waals surface area contributed by atoms with Crippen molar-refractivity contribution >= 4 is 5.91 Å². The minimum Gasteiger partial charge on any atom is -0.349 e. The molecule has 1 aromatic rings. The number of halogens is 3. The highest BCUT2D eigenvalue weighted by atomic mass is 19.4. The van der Waals surface area contributed by atoms with Crippen molar-refractivity contribution in [2.24, 2.45) is 0 Å². The predicted molar refractivity (Wildman–Crippen MR) is 111 cm³/mol. The fourth-order valence-electron chi connectivity index (χ4n) is 4.98. The van der Waals surface area contributed by atoms with E-state index in [-0.39, 0.29) is 17.6 Å². The van der Waals surface area contributed by atoms with Crippen LogP contribution in [0.15, 0.2) is 6.20 Å². The van der Waals surface area contributed by atoms with Gasteiger partial charge in [0.25, 0.3) is 5.91 Å². The van der Waals surface area contributed by atoms with Gasteiger partial charge in [-0.15, -0.1) is 0 Å². The standard InChI is InChI=1S/C23H36F3N3O/c24-23(25,26)21-20(22(30)28-18-13-9-5-4-6-10-14-18)17-27-29(21)19-15-11-7-2-1-3-8-12-16-19/h17-19H,1-16H2,(H,28,30). The maximum absolute atomic E-state index is 14.0. The Kier molecular flexibility index (Phi) is 8.63. The Balaban J connectivity index is 1.79. The van der Waals surface area contributed by atoms with Crippen LogP contribution < -0.4 is 5.32 Å². The second-order valence-electron chi connectivity index (χ2n) is 9.07. The van der Waals surface area contributed by atoms with Crippen LogP contribution in [-0.4, -0.2) is 21.7 Å². The summed E-state index contributed by atoms with van der Waals surface area (Å²) >= 11 is 0. The van der Waals surface area contributed by atoms with Crippen molar-refractivity contribution in [1.82, 2.24) is 15.1 Å². The molecule has 2 aliphatic carbocycles. The highest BCUT2D eigenvalue weighted by molar-refractivity contribution is 5.95. The first-order valence-corrected chi connectivity index (χ1v) is 11.9. The van der Waals surface area contributed by atoms with Gasteiger partial charge in [0.2, 0.25) is 0 Å². The van der Waals surface area contributed by atoms with Gasteiger partial charge in [0.05, 0.1) is 17.8 Å². The lowest BCUT2D eigenvalue weighted by Gasteiger charge is -2.23. The van der Waals surface area contributed by atoms with E-state index in [9.17, 15) is 18.0 Å². The Labute approximate surface area is 178 Å². The normalized spacial score (nSPS) is 21.6. The Morgan fingerprint density at radius 1 is 0.833 bits per heavy atom. The molecule has 2 fully saturated rings. The van der Waals surface area contributed by atoms with Crippen LogP contribution in [0.5, 0.6) is 0 Å². The van der Waals surface area contributed by atoms with Gasteiger partial charge in [-0.05, 0) is 25.7 Å². The number of nitrogens with one attached hydrogen (secondary N) is 1. The molecule has 0 radical (unpaired) electrons. The molecule has 0 spiro atoms. The van der Waals surface area contributed by atoms with E-state index < -0.39 is 17.8 Å². The van der Waals surface area contributed by atoms with Gasteiger partial charge < -0.3 is 5.32 Å². The van der Waals surface area contributed by atoms with E-state index in [0.29, 0.717) is 12.8 Å². The van der Waals surface area contributed by atoms with Crippen molar-refractivity contribution in [3.8, 4) is 0 Å². The second kappa shape index (κ2) is 11.2. The third-order valence-electron chi connectivity index (χ3n) is 6.67. The summed E-state index contributed by atoms with van der Waals surface area (Å²) in [6.45, 7) is 0. The van der Waals surface area contributed by atoms with Crippen LogP contribution in [0.4, 0.5) is 13.2 Å². The smallest absolute Gasteiger partial charge is 0.349 e. The molecule has 1 N–H and O–H groups in total. The zero-order chi connectivity index (χ0) is 21.4. The summed E-state index contributed by atoms with van der Waals surface area (Å²) in [6.07, 6.45) is 12.5. The molecule has 1 amide bonds. The molecular formula is C23H36F3N3O. The largest absolute Gasteiger partial charge is 0.433 e. The van der Waals surface area contributed by atoms with Crippen molar-refractivity contribution in [1.29, 1.82) is 0 Å². The number of hydrogen-bond acceptors (Lipinski definition) is 2. The zero-order valence-electron chi connectivity index (χ0n) is 18.0. The first kappa shape index (κ1) is 23.1. The molecule has 30 heavy (non-hydrogen) atoms. The molecule has 1 heterocycles. The Morgan fingerprint density at radius 2 is 1.30 bits per heavy atom. The van der Waals surface area contributed by atoms with E-state index in [2.05, 4.69) is 10.4 Å². The minimum atomic E-state index is -4.60. The van der Waals surface area contributed by atoms with Gasteiger partial charge in [-0.1, -0.05) is 77.0 Å². The number of aromatic nitrogens is 2. The summed E-state index contributed by atoms with van der Waals surface area (Å²) in [6, 6.07) is -0.335. The van der Waals surface area contributed by atoms with Crippen molar-refractivity contribution < 1.29 is 18.0 Å². The maximum atomic E-state index is 14.0. The van der Waals surface area contributed by atoms with E-state index in [0.717, 1.165) is 87.9 Å². The third kappa shape index (κ3) is 6.48. The van der Waals surface area contributed by atoms with Gasteiger partial charge >= 0.3 is 6.18 Å². The molecule has 2 saturated carbocycles. The lowest BCUT2D eigenvalue weighted by Crippen LogP contribution is -2.36. The number of amides is 1. The number of nitrogens with zero attached hydrogens (tertiary/aromatic N) is 2. The number of rotatable bonds is 3. The Bertz CT molecular complexity index is 653. The van der Waals surface area contributed by atoms with Crippen LogP contribution in [0.25, 0.3) is 0 Å². The number of hydrogen-bond donors (Lipinski definition) is 1. The molecule has 2 aliphatic rings. The summed E-state index contributed by atoms with van der Waals surface area (Å²) in [7, 11) is 0. The van der Waals surface area contributed by atoms with Crippen LogP contribution in [-0.2, 0) is 6.18 Å². The number of alkyl halides is 3. The molecule has 0 aliphatic heterocycles. The molecule has 170 valence electrons. The average Bonchev–Trinajstić information content (AvgIpc) is 3.13. The average molecular weight is 428 g/mol. The maximum Gasteiger partial charge on any atom is 0.433 e. The van der Waals surface area contributed by atoms with Crippen LogP contribution in [0.2, 0.25) is 0 Å². The van der Waals surface area contributed by atoms with Gasteiger partial charge in [0, 0.05) is 6.04 Å². The predicted octanol–water partition coefficient (Wildman–Crippen LogP) is 6.81. The zero-order valence-corrected chi connectivity index (χ0v) is 18.0. The van der Waals surface area contributed by atoms with Crippen LogP contribution in [0, 0.1) is 0 Å². The van der Waals surface area contributed by atoms with Gasteiger partial charge in [0.15, 0.2) is 5.69 Å². The van der Waals surface area contributed by atoms with E-state index in [1.54, 1.807) is 0 Å². The molecule has 0 bridgehead atoms. The Morgan fingerprint density at radius 3 is 1.80 bits per heavy atom. The molecule has 4 nitrogen and oxygen atoms in total. The lowest BCUT2D eigenvalue weighted by molar-refractivity contribution is -0.145. The lowest BCUT2D eigenvalue weighted by atomic mass is 9.96. The quantitative estimate of drug-likeness (QED) is 0.576. The first-order chi connectivity index (χ1) is 14.5. The molecule has 0 atom stereocenters. The molecule has 3 rings (SSSR count). The Hall–Kier alpha value is -1.53. The summed E-state index contributed by atoms with van der Waals surface area (Å²) in [4.78, 5) is 12.8. The van der Waals surface area contributed by atoms with Crippen molar-refractivity contribution in [2.75, 3.05) is 0 Å². The molecule has 1 aromatic heterocycles. The molecular weight excluding hydrogens is 391 g/mol. The van der Waals surface area contributed by atoms with Crippen LogP contribution in [0.1, 0.15) is 125 Å². The van der Waals surface area contributed by atoms with Crippen LogP contribution >= 0.6 is 0 Å². The SMILES string of the molecule is O=C(NC1CCCCCCC1)c1cnn(C2CCCCCCCCC2)c1C(F)(F)F. The summed E-state index contributed by atoms with van der Waals surface area (Å²) in [5.41, 5.74) is -1.19. The van der Waals surface area contributed by atoms with E-state index in [4.69, 9.17) is 0 Å². The van der Waals surface area contributed by atoms with Crippen molar-refractivity contribution in [3.63, 3.8) is 0 Å². The van der Waals surface area contributed by atoms with Gasteiger partial charge in [-0.3, -0.25) is 9.48 Å². The van der Waals surface area contributed by atoms with Crippen LogP contribution in [0.3, 0.4) is 0 Å². The second-order valence-corrected chi connectivity index (χ2v) is 9.07. The molecule has 0 aromatic carbocycles. The summed E-state index contributed by atoms with van der Waals surface area (Å²) < 4.78 is 43.2. The number of carbonyl (C=O) groups is 1. The number of carbonyl (C=O) groups excluding carboxylic acids is 1. The monoisotopic (exact) mass is 427 g/mol.